The quantitative estimate of drug-likeness (QED) is 0.147. The molecular weight excluding hydrogens is 1020 g/mol. The smallest absolute Gasteiger partial charge is 0.307 e. The van der Waals surface area contributed by atoms with Gasteiger partial charge in [-0.1, -0.05) is 72.8 Å². The van der Waals surface area contributed by atoms with Crippen LogP contribution in [0.5, 0.6) is 0 Å². The van der Waals surface area contributed by atoms with E-state index in [1.807, 2.05) is 130 Å². The van der Waals surface area contributed by atoms with Crippen LogP contribution < -0.4 is 0 Å². The molecule has 0 saturated carbocycles. The Kier molecular flexibility index (Phi) is 11.9. The maximum Gasteiger partial charge on any atom is 0.416 e. The topological polar surface area (TPSA) is 129 Å². The van der Waals surface area contributed by atoms with Gasteiger partial charge in [-0.15, -0.1) is 0 Å². The number of alkyl halides is 6. The molecule has 0 saturated heterocycles. The predicted octanol–water partition coefficient (Wildman–Crippen LogP) is 17.6. The van der Waals surface area contributed by atoms with Gasteiger partial charge in [-0.25, -0.2) is 0 Å². The van der Waals surface area contributed by atoms with Gasteiger partial charge in [0, 0.05) is 27.1 Å². The molecule has 0 radical (unpaired) electrons. The highest BCUT2D eigenvalue weighted by Crippen LogP contribution is 2.46. The maximum atomic E-state index is 14.7. The zero-order valence-corrected chi connectivity index (χ0v) is 41.5. The number of nitriles is 5. The summed E-state index contributed by atoms with van der Waals surface area (Å²) in [6, 6.07) is 66.7. The summed E-state index contributed by atoms with van der Waals surface area (Å²) in [5.74, 6) is 0. The minimum Gasteiger partial charge on any atom is -0.307 e. The Morgan fingerprint density at radius 3 is 0.812 bits per heavy atom. The standard InChI is InChI=1S/C67H33F6N7/c68-66(69,70)53-25-51(26-54(32-53)67(71,72)73)55-33-65(80-62-23-19-49(45-13-5-41(36-76)6-14-45)29-58(62)59-30-50(20-24-63(59)80)46-15-7-42(37-77)8-16-46)64(31-52(55)38-78)79-60-21-17-47(43-9-1-39(34-74)2-10-43)27-56(60)57-28-48(18-22-61(57)79)44-11-3-40(35-75)4-12-44/h1-33H. The van der Waals surface area contributed by atoms with E-state index >= 15 is 0 Å². The molecule has 0 bridgehead atoms. The molecule has 80 heavy (non-hydrogen) atoms. The van der Waals surface area contributed by atoms with Gasteiger partial charge in [0.25, 0.3) is 0 Å². The first-order valence-corrected chi connectivity index (χ1v) is 24.7. The molecule has 10 aromatic carbocycles. The number of benzene rings is 10. The van der Waals surface area contributed by atoms with E-state index < -0.39 is 29.0 Å². The van der Waals surface area contributed by atoms with Gasteiger partial charge in [0.1, 0.15) is 0 Å². The number of fused-ring (bicyclic) bond motifs is 6. The fraction of sp³-hybridized carbons (Fsp3) is 0.0299. The lowest BCUT2D eigenvalue weighted by Gasteiger charge is -2.21. The Bertz CT molecular complexity index is 4500. The van der Waals surface area contributed by atoms with Crippen molar-refractivity contribution in [2.45, 2.75) is 12.4 Å². The molecule has 378 valence electrons. The van der Waals surface area contributed by atoms with Crippen molar-refractivity contribution in [1.82, 2.24) is 9.13 Å². The third-order valence-electron chi connectivity index (χ3n) is 14.5. The van der Waals surface area contributed by atoms with Gasteiger partial charge >= 0.3 is 12.4 Å². The fourth-order valence-electron chi connectivity index (χ4n) is 10.6. The van der Waals surface area contributed by atoms with Gasteiger partial charge in [-0.05, 0) is 177 Å². The van der Waals surface area contributed by atoms with Crippen LogP contribution in [0, 0.1) is 56.7 Å². The highest BCUT2D eigenvalue weighted by atomic mass is 19.4. The zero-order chi connectivity index (χ0) is 55.6. The fourth-order valence-corrected chi connectivity index (χ4v) is 10.6. The Hall–Kier alpha value is -11.2. The summed E-state index contributed by atoms with van der Waals surface area (Å²) < 4.78 is 91.8. The maximum absolute atomic E-state index is 14.7. The number of hydrogen-bond acceptors (Lipinski definition) is 5. The lowest BCUT2D eigenvalue weighted by molar-refractivity contribution is -0.143. The molecule has 2 aromatic heterocycles. The normalized spacial score (nSPS) is 11.6. The second-order valence-corrected chi connectivity index (χ2v) is 19.1. The molecule has 0 atom stereocenters. The predicted molar refractivity (Wildman–Crippen MR) is 296 cm³/mol. The molecule has 12 rings (SSSR count). The Morgan fingerprint density at radius 1 is 0.275 bits per heavy atom. The summed E-state index contributed by atoms with van der Waals surface area (Å²) in [6.07, 6.45) is -10.4. The number of nitrogens with zero attached hydrogens (tertiary/aromatic N) is 7. The van der Waals surface area contributed by atoms with Crippen LogP contribution in [-0.2, 0) is 12.4 Å². The Labute approximate surface area is 452 Å². The molecular formula is C67H33F6N7. The van der Waals surface area contributed by atoms with Crippen molar-refractivity contribution in [2.24, 2.45) is 0 Å². The lowest BCUT2D eigenvalue weighted by atomic mass is 9.94. The van der Waals surface area contributed by atoms with E-state index in [0.29, 0.717) is 78.6 Å². The van der Waals surface area contributed by atoms with Gasteiger partial charge in [0.15, 0.2) is 0 Å². The molecule has 2 heterocycles. The molecule has 0 amide bonds. The van der Waals surface area contributed by atoms with Crippen molar-refractivity contribution < 1.29 is 26.3 Å². The Morgan fingerprint density at radius 2 is 0.550 bits per heavy atom. The van der Waals surface area contributed by atoms with E-state index in [9.17, 15) is 52.7 Å². The molecule has 7 nitrogen and oxygen atoms in total. The van der Waals surface area contributed by atoms with Gasteiger partial charge in [-0.2, -0.15) is 52.7 Å². The van der Waals surface area contributed by atoms with E-state index in [4.69, 9.17) is 0 Å². The summed E-state index contributed by atoms with van der Waals surface area (Å²) in [7, 11) is 0. The molecule has 0 aliphatic carbocycles. The van der Waals surface area contributed by atoms with E-state index in [2.05, 4.69) is 30.3 Å². The highest BCUT2D eigenvalue weighted by molar-refractivity contribution is 6.14. The molecule has 13 heteroatoms. The van der Waals surface area contributed by atoms with Crippen molar-refractivity contribution in [3.8, 4) is 97.4 Å². The first kappa shape index (κ1) is 49.7. The van der Waals surface area contributed by atoms with Gasteiger partial charge in [0.2, 0.25) is 0 Å². The SMILES string of the molecule is N#Cc1ccc(-c2ccc3c(c2)c2cc(-c4ccc(C#N)cc4)ccc2n3-c2cc(C#N)c(-c3cc(C(F)(F)F)cc(C(F)(F)F)c3)cc2-n2c3ccc(-c4ccc(C#N)cc4)cc3c3cc(-c4ccc(C#N)cc4)ccc32)cc1. The molecule has 0 spiro atoms. The Balaban J connectivity index is 1.21. The monoisotopic (exact) mass is 1050 g/mol. The summed E-state index contributed by atoms with van der Waals surface area (Å²) in [6.45, 7) is 0. The largest absolute Gasteiger partial charge is 0.416 e. The van der Waals surface area contributed by atoms with Crippen LogP contribution in [0.15, 0.2) is 200 Å². The van der Waals surface area contributed by atoms with E-state index in [0.717, 1.165) is 55.3 Å². The number of halogens is 6. The minimum atomic E-state index is -5.19. The van der Waals surface area contributed by atoms with Gasteiger partial charge in [0.05, 0.1) is 103 Å². The lowest BCUT2D eigenvalue weighted by Crippen LogP contribution is -2.11. The van der Waals surface area contributed by atoms with Crippen LogP contribution >= 0.6 is 0 Å². The third-order valence-corrected chi connectivity index (χ3v) is 14.5. The van der Waals surface area contributed by atoms with E-state index in [1.54, 1.807) is 48.5 Å². The number of aromatic nitrogens is 2. The van der Waals surface area contributed by atoms with Crippen LogP contribution in [0.3, 0.4) is 0 Å². The van der Waals surface area contributed by atoms with Crippen LogP contribution in [0.1, 0.15) is 38.9 Å². The highest BCUT2D eigenvalue weighted by Gasteiger charge is 2.37. The van der Waals surface area contributed by atoms with Crippen LogP contribution in [0.4, 0.5) is 26.3 Å². The minimum absolute atomic E-state index is 0.0606. The molecule has 0 fully saturated rings. The summed E-state index contributed by atoms with van der Waals surface area (Å²) in [4.78, 5) is 0. The number of hydrogen-bond donors (Lipinski definition) is 0. The average molecular weight is 1050 g/mol. The first-order valence-electron chi connectivity index (χ1n) is 24.7. The van der Waals surface area contributed by atoms with Crippen molar-refractivity contribution in [2.75, 3.05) is 0 Å². The van der Waals surface area contributed by atoms with Crippen LogP contribution in [0.25, 0.3) is 111 Å². The van der Waals surface area contributed by atoms with Gasteiger partial charge < -0.3 is 9.13 Å². The molecule has 12 aromatic rings. The summed E-state index contributed by atoms with van der Waals surface area (Å²) in [5, 5.41) is 52.4. The summed E-state index contributed by atoms with van der Waals surface area (Å²) >= 11 is 0. The van der Waals surface area contributed by atoms with Gasteiger partial charge in [-0.3, -0.25) is 0 Å². The molecule has 0 aliphatic heterocycles. The van der Waals surface area contributed by atoms with Crippen molar-refractivity contribution in [3.05, 3.63) is 239 Å². The second kappa shape index (κ2) is 19.1. The van der Waals surface area contributed by atoms with Crippen LogP contribution in [0.2, 0.25) is 0 Å². The van der Waals surface area contributed by atoms with Crippen molar-refractivity contribution in [3.63, 3.8) is 0 Å². The van der Waals surface area contributed by atoms with Crippen molar-refractivity contribution >= 4 is 43.6 Å². The molecule has 0 N–H and O–H groups in total. The zero-order valence-electron chi connectivity index (χ0n) is 41.5. The average Bonchev–Trinajstić information content (AvgIpc) is 4.08. The second-order valence-electron chi connectivity index (χ2n) is 19.1. The summed E-state index contributed by atoms with van der Waals surface area (Å²) in [5.41, 5.74) is 7.45. The number of rotatable bonds is 7. The third kappa shape index (κ3) is 8.66. The molecule has 0 aliphatic rings. The molecule has 0 unspecified atom stereocenters. The van der Waals surface area contributed by atoms with E-state index in [1.165, 1.54) is 12.1 Å². The van der Waals surface area contributed by atoms with Crippen molar-refractivity contribution in [1.29, 1.82) is 26.3 Å². The van der Waals surface area contributed by atoms with Crippen LogP contribution in [-0.4, -0.2) is 9.13 Å². The first-order chi connectivity index (χ1) is 38.6. The van der Waals surface area contributed by atoms with E-state index in [-0.39, 0.29) is 17.2 Å².